The van der Waals surface area contributed by atoms with Crippen LogP contribution in [0.4, 0.5) is 0 Å². The highest BCUT2D eigenvalue weighted by Gasteiger charge is 2.31. The molecule has 0 fully saturated rings. The maximum Gasteiger partial charge on any atom is 0.328 e. The van der Waals surface area contributed by atoms with Gasteiger partial charge in [0.25, 0.3) is 0 Å². The molecule has 0 bridgehead atoms. The zero-order chi connectivity index (χ0) is 12.2. The molecule has 0 saturated carbocycles. The van der Waals surface area contributed by atoms with E-state index in [2.05, 4.69) is 0 Å². The Bertz CT molecular complexity index is 450. The van der Waals surface area contributed by atoms with Crippen molar-refractivity contribution >= 4 is 15.8 Å². The first kappa shape index (κ1) is 12.7. The van der Waals surface area contributed by atoms with Crippen molar-refractivity contribution in [3.63, 3.8) is 0 Å². The second-order valence-electron chi connectivity index (χ2n) is 3.37. The van der Waals surface area contributed by atoms with Gasteiger partial charge in [0.05, 0.1) is 6.61 Å². The second kappa shape index (κ2) is 5.12. The van der Waals surface area contributed by atoms with E-state index in [1.165, 1.54) is 0 Å². The molecule has 0 heterocycles. The highest BCUT2D eigenvalue weighted by molar-refractivity contribution is 7.91. The molecule has 88 valence electrons. The lowest BCUT2D eigenvalue weighted by Gasteiger charge is -2.13. The van der Waals surface area contributed by atoms with Gasteiger partial charge in [-0.3, -0.25) is 4.79 Å². The molecule has 1 atom stereocenters. The van der Waals surface area contributed by atoms with Crippen LogP contribution in [0.25, 0.3) is 0 Å². The van der Waals surface area contributed by atoms with E-state index in [9.17, 15) is 13.2 Å². The van der Waals surface area contributed by atoms with Gasteiger partial charge in [0.1, 0.15) is 0 Å². The Morgan fingerprint density at radius 3 is 2.31 bits per heavy atom. The Hall–Kier alpha value is -1.36. The van der Waals surface area contributed by atoms with E-state index in [1.807, 2.05) is 0 Å². The number of rotatable bonds is 4. The van der Waals surface area contributed by atoms with Crippen LogP contribution in [0, 0.1) is 0 Å². The zero-order valence-corrected chi connectivity index (χ0v) is 10.0. The Balaban J connectivity index is 3.13. The molecular formula is C11H14O4S. The molecule has 0 aromatic heterocycles. The van der Waals surface area contributed by atoms with E-state index >= 15 is 0 Å². The number of carbonyl (C=O) groups is 1. The third-order valence-electron chi connectivity index (χ3n) is 2.03. The van der Waals surface area contributed by atoms with E-state index in [-0.39, 0.29) is 6.61 Å². The van der Waals surface area contributed by atoms with E-state index in [4.69, 9.17) is 4.74 Å². The number of sulfone groups is 1. The number of benzene rings is 1. The van der Waals surface area contributed by atoms with E-state index in [1.54, 1.807) is 37.3 Å². The molecule has 1 rings (SSSR count). The summed E-state index contributed by atoms with van der Waals surface area (Å²) in [5, 5.41) is -1.23. The monoisotopic (exact) mass is 242 g/mol. The molecule has 0 aliphatic heterocycles. The van der Waals surface area contributed by atoms with Crippen molar-refractivity contribution in [3.05, 3.63) is 35.9 Å². The van der Waals surface area contributed by atoms with Gasteiger partial charge in [-0.05, 0) is 12.5 Å². The van der Waals surface area contributed by atoms with Crippen LogP contribution in [-0.2, 0) is 19.4 Å². The van der Waals surface area contributed by atoms with Crippen molar-refractivity contribution in [2.45, 2.75) is 12.2 Å². The molecular weight excluding hydrogens is 228 g/mol. The average molecular weight is 242 g/mol. The predicted molar refractivity (Wildman–Crippen MR) is 60.7 cm³/mol. The van der Waals surface area contributed by atoms with Gasteiger partial charge < -0.3 is 4.74 Å². The van der Waals surface area contributed by atoms with Crippen molar-refractivity contribution in [2.24, 2.45) is 0 Å². The minimum Gasteiger partial charge on any atom is -0.465 e. The van der Waals surface area contributed by atoms with Gasteiger partial charge in [-0.25, -0.2) is 8.42 Å². The Kier molecular flexibility index (Phi) is 4.06. The molecule has 0 spiro atoms. The molecule has 16 heavy (non-hydrogen) atoms. The summed E-state index contributed by atoms with van der Waals surface area (Å²) in [5.41, 5.74) is 0.434. The van der Waals surface area contributed by atoms with E-state index < -0.39 is 21.1 Å². The lowest BCUT2D eigenvalue weighted by molar-refractivity contribution is -0.142. The molecule has 0 aliphatic carbocycles. The van der Waals surface area contributed by atoms with Crippen molar-refractivity contribution in [2.75, 3.05) is 12.9 Å². The average Bonchev–Trinajstić information content (AvgIpc) is 2.17. The van der Waals surface area contributed by atoms with Crippen LogP contribution in [0.5, 0.6) is 0 Å². The van der Waals surface area contributed by atoms with Gasteiger partial charge in [0, 0.05) is 6.26 Å². The normalized spacial score (nSPS) is 13.1. The third kappa shape index (κ3) is 3.06. The molecule has 0 saturated heterocycles. The predicted octanol–water partition coefficient (Wildman–Crippen LogP) is 1.34. The van der Waals surface area contributed by atoms with Crippen LogP contribution in [0.1, 0.15) is 17.7 Å². The molecule has 5 heteroatoms. The van der Waals surface area contributed by atoms with Gasteiger partial charge in [0.15, 0.2) is 15.1 Å². The smallest absolute Gasteiger partial charge is 0.328 e. The van der Waals surface area contributed by atoms with Crippen molar-refractivity contribution in [1.29, 1.82) is 0 Å². The van der Waals surface area contributed by atoms with Gasteiger partial charge in [-0.1, -0.05) is 30.3 Å². The van der Waals surface area contributed by atoms with Crippen molar-refractivity contribution in [1.82, 2.24) is 0 Å². The van der Waals surface area contributed by atoms with Gasteiger partial charge >= 0.3 is 5.97 Å². The summed E-state index contributed by atoms with van der Waals surface area (Å²) in [6.07, 6.45) is 1.03. The van der Waals surface area contributed by atoms with Crippen LogP contribution in [0.15, 0.2) is 30.3 Å². The molecule has 1 unspecified atom stereocenters. The fraction of sp³-hybridized carbons (Fsp3) is 0.364. The van der Waals surface area contributed by atoms with Crippen LogP contribution in [0.3, 0.4) is 0 Å². The number of ether oxygens (including phenoxy) is 1. The minimum absolute atomic E-state index is 0.164. The first-order valence-corrected chi connectivity index (χ1v) is 6.82. The second-order valence-corrected chi connectivity index (χ2v) is 5.50. The molecule has 0 N–H and O–H groups in total. The molecule has 1 aromatic carbocycles. The third-order valence-corrected chi connectivity index (χ3v) is 3.35. The van der Waals surface area contributed by atoms with Crippen molar-refractivity contribution in [3.8, 4) is 0 Å². The summed E-state index contributed by atoms with van der Waals surface area (Å²) >= 11 is 0. The van der Waals surface area contributed by atoms with Gasteiger partial charge in [-0.2, -0.15) is 0 Å². The zero-order valence-electron chi connectivity index (χ0n) is 9.21. The molecule has 4 nitrogen and oxygen atoms in total. The first-order valence-electron chi connectivity index (χ1n) is 4.87. The Morgan fingerprint density at radius 2 is 1.88 bits per heavy atom. The summed E-state index contributed by atoms with van der Waals surface area (Å²) < 4.78 is 27.9. The van der Waals surface area contributed by atoms with Crippen LogP contribution >= 0.6 is 0 Å². The number of esters is 1. The van der Waals surface area contributed by atoms with Crippen LogP contribution in [0.2, 0.25) is 0 Å². The van der Waals surface area contributed by atoms with E-state index in [0.29, 0.717) is 5.56 Å². The lowest BCUT2D eigenvalue weighted by atomic mass is 10.1. The molecule has 0 aliphatic rings. The summed E-state index contributed by atoms with van der Waals surface area (Å²) in [6, 6.07) is 8.33. The minimum atomic E-state index is -3.51. The van der Waals surface area contributed by atoms with Gasteiger partial charge in [-0.15, -0.1) is 0 Å². The SMILES string of the molecule is CCOC(=O)C(c1ccccc1)S(C)(=O)=O. The topological polar surface area (TPSA) is 60.4 Å². The summed E-state index contributed by atoms with van der Waals surface area (Å²) in [7, 11) is -3.51. The van der Waals surface area contributed by atoms with Gasteiger partial charge in [0.2, 0.25) is 0 Å². The van der Waals surface area contributed by atoms with Crippen LogP contribution in [-0.4, -0.2) is 27.2 Å². The maximum absolute atomic E-state index is 11.6. The fourth-order valence-corrected chi connectivity index (χ4v) is 2.47. The highest BCUT2D eigenvalue weighted by Crippen LogP contribution is 2.22. The van der Waals surface area contributed by atoms with E-state index in [0.717, 1.165) is 6.26 Å². The molecule has 0 amide bonds. The maximum atomic E-state index is 11.6. The summed E-state index contributed by atoms with van der Waals surface area (Å²) in [4.78, 5) is 11.6. The molecule has 1 aromatic rings. The highest BCUT2D eigenvalue weighted by atomic mass is 32.2. The largest absolute Gasteiger partial charge is 0.465 e. The summed E-state index contributed by atoms with van der Waals surface area (Å²) in [6.45, 7) is 1.81. The number of hydrogen-bond donors (Lipinski definition) is 0. The summed E-state index contributed by atoms with van der Waals surface area (Å²) in [5.74, 6) is -0.726. The first-order chi connectivity index (χ1) is 7.46. The quantitative estimate of drug-likeness (QED) is 0.747. The van der Waals surface area contributed by atoms with Crippen LogP contribution < -0.4 is 0 Å². The van der Waals surface area contributed by atoms with Crippen molar-refractivity contribution < 1.29 is 17.9 Å². The number of carbonyl (C=O) groups excluding carboxylic acids is 1. The standard InChI is InChI=1S/C11H14O4S/c1-3-15-11(12)10(16(2,13)14)9-7-5-4-6-8-9/h4-8,10H,3H2,1-2H3. The lowest BCUT2D eigenvalue weighted by Crippen LogP contribution is -2.23. The Labute approximate surface area is 95.2 Å². The fourth-order valence-electron chi connectivity index (χ4n) is 1.40. The number of hydrogen-bond acceptors (Lipinski definition) is 4. The Morgan fingerprint density at radius 1 is 1.31 bits per heavy atom. The molecule has 0 radical (unpaired) electrons.